The fourth-order valence-corrected chi connectivity index (χ4v) is 1.71. The van der Waals surface area contributed by atoms with E-state index >= 15 is 0 Å². The summed E-state index contributed by atoms with van der Waals surface area (Å²) in [6.45, 7) is 2.87. The van der Waals surface area contributed by atoms with Gasteiger partial charge >= 0.3 is 0 Å². The maximum atomic E-state index is 11.5. The summed E-state index contributed by atoms with van der Waals surface area (Å²) in [4.78, 5) is 20.7. The summed E-state index contributed by atoms with van der Waals surface area (Å²) in [6.07, 6.45) is 1.53. The summed E-state index contributed by atoms with van der Waals surface area (Å²) in [5, 5.41) is 0. The summed E-state index contributed by atoms with van der Waals surface area (Å²) >= 11 is 3.24. The van der Waals surface area contributed by atoms with Crippen LogP contribution in [0.2, 0.25) is 0 Å². The summed E-state index contributed by atoms with van der Waals surface area (Å²) < 4.78 is 0.554. The highest BCUT2D eigenvalue weighted by atomic mass is 79.9. The van der Waals surface area contributed by atoms with E-state index in [-0.39, 0.29) is 5.56 Å². The van der Waals surface area contributed by atoms with Gasteiger partial charge in [0.15, 0.2) is 0 Å². The second kappa shape index (κ2) is 5.42. The van der Waals surface area contributed by atoms with Crippen LogP contribution in [-0.2, 0) is 12.8 Å². The van der Waals surface area contributed by atoms with Crippen LogP contribution in [0.3, 0.4) is 0 Å². The van der Waals surface area contributed by atoms with E-state index in [1.165, 1.54) is 0 Å². The first-order chi connectivity index (χ1) is 7.04. The number of rotatable bonds is 4. The van der Waals surface area contributed by atoms with Crippen LogP contribution in [-0.4, -0.2) is 35.5 Å². The van der Waals surface area contributed by atoms with Crippen LogP contribution in [0.5, 0.6) is 0 Å². The molecule has 0 amide bonds. The third-order valence-corrected chi connectivity index (χ3v) is 2.93. The van der Waals surface area contributed by atoms with Gasteiger partial charge in [-0.3, -0.25) is 4.79 Å². The quantitative estimate of drug-likeness (QED) is 0.897. The number of nitrogens with one attached hydrogen (secondary N) is 1. The lowest BCUT2D eigenvalue weighted by Gasteiger charge is -2.09. The first-order valence-electron chi connectivity index (χ1n) is 4.97. The average Bonchev–Trinajstić information content (AvgIpc) is 2.19. The Morgan fingerprint density at radius 2 is 2.13 bits per heavy atom. The first kappa shape index (κ1) is 12.4. The Kier molecular flexibility index (Phi) is 4.47. The fourth-order valence-electron chi connectivity index (χ4n) is 1.24. The molecule has 0 saturated heterocycles. The SMILES string of the molecule is CCc1nc(CCN(C)C)[nH]c(=O)c1Br. The molecule has 1 aromatic rings. The van der Waals surface area contributed by atoms with Crippen LogP contribution < -0.4 is 5.56 Å². The minimum Gasteiger partial charge on any atom is -0.310 e. The molecule has 15 heavy (non-hydrogen) atoms. The Labute approximate surface area is 97.8 Å². The van der Waals surface area contributed by atoms with E-state index < -0.39 is 0 Å². The molecule has 0 fully saturated rings. The molecule has 5 heteroatoms. The standard InChI is InChI=1S/C10H16BrN3O/c1-4-7-9(11)10(15)13-8(12-7)5-6-14(2)3/h4-6H2,1-3H3,(H,12,13,15). The zero-order valence-electron chi connectivity index (χ0n) is 9.30. The van der Waals surface area contributed by atoms with Crippen LogP contribution in [0.25, 0.3) is 0 Å². The fraction of sp³-hybridized carbons (Fsp3) is 0.600. The van der Waals surface area contributed by atoms with Gasteiger partial charge in [0.05, 0.1) is 5.69 Å². The summed E-state index contributed by atoms with van der Waals surface area (Å²) in [5.74, 6) is 0.758. The van der Waals surface area contributed by atoms with Crippen molar-refractivity contribution in [1.82, 2.24) is 14.9 Å². The second-order valence-corrected chi connectivity index (χ2v) is 4.47. The smallest absolute Gasteiger partial charge is 0.265 e. The summed E-state index contributed by atoms with van der Waals surface area (Å²) in [6, 6.07) is 0. The lowest BCUT2D eigenvalue weighted by atomic mass is 10.3. The molecule has 0 spiro atoms. The largest absolute Gasteiger partial charge is 0.310 e. The molecule has 0 aliphatic carbocycles. The van der Waals surface area contributed by atoms with Crippen molar-refractivity contribution < 1.29 is 0 Å². The third kappa shape index (κ3) is 3.43. The molecule has 0 aliphatic rings. The molecule has 1 rings (SSSR count). The van der Waals surface area contributed by atoms with E-state index in [0.717, 1.165) is 30.9 Å². The van der Waals surface area contributed by atoms with Crippen molar-refractivity contribution in [3.63, 3.8) is 0 Å². The maximum absolute atomic E-state index is 11.5. The zero-order chi connectivity index (χ0) is 11.4. The normalized spacial score (nSPS) is 11.0. The molecule has 4 nitrogen and oxygen atoms in total. The molecule has 84 valence electrons. The molecule has 0 aromatic carbocycles. The van der Waals surface area contributed by atoms with Crippen LogP contribution in [0.15, 0.2) is 9.27 Å². The van der Waals surface area contributed by atoms with Gasteiger partial charge in [-0.15, -0.1) is 0 Å². The Bertz CT molecular complexity index is 387. The minimum atomic E-state index is -0.0874. The van der Waals surface area contributed by atoms with E-state index in [1.807, 2.05) is 21.0 Å². The van der Waals surface area contributed by atoms with Crippen LogP contribution in [0.1, 0.15) is 18.4 Å². The number of nitrogens with zero attached hydrogens (tertiary/aromatic N) is 2. The van der Waals surface area contributed by atoms with Gasteiger partial charge in [0.1, 0.15) is 10.3 Å². The molecular weight excluding hydrogens is 258 g/mol. The number of H-pyrrole nitrogens is 1. The predicted octanol–water partition coefficient (Wildman–Crippen LogP) is 1.20. The molecule has 0 bridgehead atoms. The maximum Gasteiger partial charge on any atom is 0.265 e. The second-order valence-electron chi connectivity index (χ2n) is 3.68. The van der Waals surface area contributed by atoms with Crippen molar-refractivity contribution in [2.24, 2.45) is 0 Å². The summed E-state index contributed by atoms with van der Waals surface area (Å²) in [7, 11) is 4.00. The van der Waals surface area contributed by atoms with Gasteiger partial charge in [-0.2, -0.15) is 0 Å². The number of aryl methyl sites for hydroxylation is 1. The zero-order valence-corrected chi connectivity index (χ0v) is 10.9. The Hall–Kier alpha value is -0.680. The van der Waals surface area contributed by atoms with E-state index in [9.17, 15) is 4.79 Å². The number of hydrogen-bond acceptors (Lipinski definition) is 3. The van der Waals surface area contributed by atoms with Crippen molar-refractivity contribution >= 4 is 15.9 Å². The van der Waals surface area contributed by atoms with Crippen molar-refractivity contribution in [2.75, 3.05) is 20.6 Å². The van der Waals surface area contributed by atoms with Gasteiger partial charge in [0, 0.05) is 13.0 Å². The van der Waals surface area contributed by atoms with Gasteiger partial charge in [-0.05, 0) is 36.4 Å². The van der Waals surface area contributed by atoms with Crippen molar-refractivity contribution in [3.05, 3.63) is 26.3 Å². The number of likely N-dealkylation sites (N-methyl/N-ethyl adjacent to an activating group) is 1. The molecule has 0 saturated carbocycles. The molecule has 0 aliphatic heterocycles. The monoisotopic (exact) mass is 273 g/mol. The van der Waals surface area contributed by atoms with Gasteiger partial charge < -0.3 is 9.88 Å². The first-order valence-corrected chi connectivity index (χ1v) is 5.76. The minimum absolute atomic E-state index is 0.0874. The highest BCUT2D eigenvalue weighted by molar-refractivity contribution is 9.10. The Morgan fingerprint density at radius 3 is 2.67 bits per heavy atom. The van der Waals surface area contributed by atoms with Crippen LogP contribution in [0.4, 0.5) is 0 Å². The molecule has 0 unspecified atom stereocenters. The molecule has 0 atom stereocenters. The lowest BCUT2D eigenvalue weighted by Crippen LogP contribution is -2.20. The number of aromatic nitrogens is 2. The highest BCUT2D eigenvalue weighted by Crippen LogP contribution is 2.09. The van der Waals surface area contributed by atoms with Gasteiger partial charge in [0.2, 0.25) is 0 Å². The van der Waals surface area contributed by atoms with Crippen molar-refractivity contribution in [3.8, 4) is 0 Å². The van der Waals surface area contributed by atoms with Crippen LogP contribution >= 0.6 is 15.9 Å². The molecule has 1 heterocycles. The number of halogens is 1. The predicted molar refractivity (Wildman–Crippen MR) is 64.2 cm³/mol. The van der Waals surface area contributed by atoms with Gasteiger partial charge in [-0.1, -0.05) is 6.92 Å². The van der Waals surface area contributed by atoms with Gasteiger partial charge in [-0.25, -0.2) is 4.98 Å². The molecular formula is C10H16BrN3O. The number of aromatic amines is 1. The Morgan fingerprint density at radius 1 is 1.47 bits per heavy atom. The topological polar surface area (TPSA) is 49.0 Å². The van der Waals surface area contributed by atoms with E-state index in [2.05, 4.69) is 30.8 Å². The van der Waals surface area contributed by atoms with Crippen molar-refractivity contribution in [1.29, 1.82) is 0 Å². The number of hydrogen-bond donors (Lipinski definition) is 1. The third-order valence-electron chi connectivity index (χ3n) is 2.11. The molecule has 1 aromatic heterocycles. The van der Waals surface area contributed by atoms with Crippen LogP contribution in [0, 0.1) is 0 Å². The molecule has 0 radical (unpaired) electrons. The van der Waals surface area contributed by atoms with Gasteiger partial charge in [0.25, 0.3) is 5.56 Å². The Balaban J connectivity index is 2.91. The highest BCUT2D eigenvalue weighted by Gasteiger charge is 2.07. The van der Waals surface area contributed by atoms with E-state index in [1.54, 1.807) is 0 Å². The summed E-state index contributed by atoms with van der Waals surface area (Å²) in [5.41, 5.74) is 0.739. The van der Waals surface area contributed by atoms with E-state index in [0.29, 0.717) is 4.47 Å². The lowest BCUT2D eigenvalue weighted by molar-refractivity contribution is 0.409. The van der Waals surface area contributed by atoms with Crippen molar-refractivity contribution in [2.45, 2.75) is 19.8 Å². The molecule has 1 N–H and O–H groups in total. The van der Waals surface area contributed by atoms with E-state index in [4.69, 9.17) is 0 Å². The average molecular weight is 274 g/mol.